The van der Waals surface area contributed by atoms with Crippen molar-refractivity contribution in [2.24, 2.45) is 11.8 Å². The van der Waals surface area contributed by atoms with Crippen LogP contribution in [0.1, 0.15) is 58.8 Å². The monoisotopic (exact) mass is 457 g/mol. The van der Waals surface area contributed by atoms with E-state index in [4.69, 9.17) is 4.74 Å². The third kappa shape index (κ3) is 5.13. The zero-order chi connectivity index (χ0) is 23.6. The Morgan fingerprint density at radius 1 is 1.15 bits per heavy atom. The largest absolute Gasteiger partial charge is 0.493 e. The number of hydrogen-bond acceptors (Lipinski definition) is 3. The Hall–Kier alpha value is -3.09. The Labute approximate surface area is 190 Å². The first-order chi connectivity index (χ1) is 15.7. The number of halogens is 3. The molecule has 7 heteroatoms. The summed E-state index contributed by atoms with van der Waals surface area (Å²) in [7, 11) is 0. The molecule has 2 aliphatic rings. The minimum atomic E-state index is -4.39. The molecule has 4 nitrogen and oxygen atoms in total. The summed E-state index contributed by atoms with van der Waals surface area (Å²) in [6, 6.07) is 11.1. The Morgan fingerprint density at radius 2 is 1.91 bits per heavy atom. The molecule has 1 saturated carbocycles. The molecule has 0 bridgehead atoms. The van der Waals surface area contributed by atoms with Crippen molar-refractivity contribution in [3.8, 4) is 0 Å². The molecule has 2 aromatic rings. The first-order valence-corrected chi connectivity index (χ1v) is 11.1. The maximum Gasteiger partial charge on any atom is 0.412 e. The van der Waals surface area contributed by atoms with E-state index in [9.17, 15) is 23.1 Å². The smallest absolute Gasteiger partial charge is 0.412 e. The topological polar surface area (TPSA) is 59.4 Å². The number of ether oxygens (including phenoxy) is 1. The van der Waals surface area contributed by atoms with Crippen LogP contribution in [0.4, 0.5) is 13.2 Å². The van der Waals surface area contributed by atoms with Crippen molar-refractivity contribution in [1.29, 1.82) is 0 Å². The van der Waals surface area contributed by atoms with E-state index in [-0.39, 0.29) is 30.4 Å². The predicted molar refractivity (Wildman–Crippen MR) is 118 cm³/mol. The number of pyridine rings is 1. The average molecular weight is 457 g/mol. The molecule has 2 aliphatic carbocycles. The number of alkyl halides is 3. The van der Waals surface area contributed by atoms with Gasteiger partial charge in [-0.15, -0.1) is 0 Å². The van der Waals surface area contributed by atoms with Gasteiger partial charge in [-0.05, 0) is 61.3 Å². The third-order valence-electron chi connectivity index (χ3n) is 6.72. The van der Waals surface area contributed by atoms with Gasteiger partial charge in [-0.25, -0.2) is 4.79 Å². The number of carboxylic acid groups (broad SMARTS) is 1. The first kappa shape index (κ1) is 23.1. The average Bonchev–Trinajstić information content (AvgIpc) is 3.27. The van der Waals surface area contributed by atoms with Crippen molar-refractivity contribution in [2.45, 2.75) is 51.3 Å². The maximum atomic E-state index is 13.6. The molecular formula is C26H26F3NO3. The van der Waals surface area contributed by atoms with E-state index in [1.165, 1.54) is 6.08 Å². The lowest BCUT2D eigenvalue weighted by atomic mass is 9.75. The Bertz CT molecular complexity index is 1080. The van der Waals surface area contributed by atoms with Crippen LogP contribution in [0, 0.1) is 18.8 Å². The van der Waals surface area contributed by atoms with Gasteiger partial charge in [-0.3, -0.25) is 4.98 Å². The van der Waals surface area contributed by atoms with Crippen molar-refractivity contribution in [1.82, 2.24) is 4.98 Å². The first-order valence-electron chi connectivity index (χ1n) is 11.1. The lowest BCUT2D eigenvalue weighted by Gasteiger charge is -2.34. The second-order valence-electron chi connectivity index (χ2n) is 8.75. The quantitative estimate of drug-likeness (QED) is 0.532. The molecule has 0 amide bonds. The van der Waals surface area contributed by atoms with E-state index < -0.39 is 23.6 Å². The van der Waals surface area contributed by atoms with Gasteiger partial charge in [0.1, 0.15) is 12.4 Å². The number of benzene rings is 1. The molecule has 1 heterocycles. The molecule has 174 valence electrons. The van der Waals surface area contributed by atoms with Crippen molar-refractivity contribution in [3.63, 3.8) is 0 Å². The highest BCUT2D eigenvalue weighted by Gasteiger charge is 2.43. The van der Waals surface area contributed by atoms with E-state index in [2.05, 4.69) is 4.98 Å². The molecule has 33 heavy (non-hydrogen) atoms. The lowest BCUT2D eigenvalue weighted by molar-refractivity contribution is -0.0966. The molecule has 0 spiro atoms. The normalized spacial score (nSPS) is 23.1. The number of allylic oxidation sites excluding steroid dienone is 4. The number of rotatable bonds is 6. The van der Waals surface area contributed by atoms with E-state index in [0.29, 0.717) is 11.5 Å². The number of carbonyl (C=O) groups is 1. The number of aryl methyl sites for hydroxylation is 1. The van der Waals surface area contributed by atoms with Crippen molar-refractivity contribution < 1.29 is 27.8 Å². The highest BCUT2D eigenvalue weighted by molar-refractivity contribution is 5.88. The molecule has 1 aromatic carbocycles. The summed E-state index contributed by atoms with van der Waals surface area (Å²) < 4.78 is 46.8. The second-order valence-corrected chi connectivity index (χ2v) is 8.75. The van der Waals surface area contributed by atoms with Gasteiger partial charge in [0.25, 0.3) is 0 Å². The summed E-state index contributed by atoms with van der Waals surface area (Å²) in [5.74, 6) is -1.09. The highest BCUT2D eigenvalue weighted by atomic mass is 19.4. The Kier molecular flexibility index (Phi) is 6.58. The standard InChI is InChI=1S/C26H26F3NO3/c1-16-22(25(31)32)12-18(14-30-16)20-8-5-9-21(20)23-13-19(26(27,28)29)10-11-24(23)33-15-17-6-3-2-4-7-17/h2-4,6-7,10-12,14,20-21,23H,5,8-9,13,15H2,1H3,(H,31,32). The maximum absolute atomic E-state index is 13.6. The molecule has 3 atom stereocenters. The van der Waals surface area contributed by atoms with Gasteiger partial charge in [0.05, 0.1) is 11.3 Å². The van der Waals surface area contributed by atoms with Crippen molar-refractivity contribution >= 4 is 5.97 Å². The van der Waals surface area contributed by atoms with E-state index in [0.717, 1.165) is 36.5 Å². The van der Waals surface area contributed by atoms with Crippen LogP contribution in [0.5, 0.6) is 0 Å². The molecule has 0 aliphatic heterocycles. The highest BCUT2D eigenvalue weighted by Crippen LogP contribution is 2.50. The summed E-state index contributed by atoms with van der Waals surface area (Å²) in [5, 5.41) is 9.49. The van der Waals surface area contributed by atoms with E-state index >= 15 is 0 Å². The van der Waals surface area contributed by atoms with Gasteiger partial charge < -0.3 is 9.84 Å². The molecule has 0 saturated heterocycles. The van der Waals surface area contributed by atoms with Crippen LogP contribution in [0.15, 0.2) is 66.1 Å². The zero-order valence-corrected chi connectivity index (χ0v) is 18.3. The van der Waals surface area contributed by atoms with Crippen LogP contribution in [0.3, 0.4) is 0 Å². The molecule has 3 unspecified atom stereocenters. The molecular weight excluding hydrogens is 431 g/mol. The fourth-order valence-electron chi connectivity index (χ4n) is 5.03. The van der Waals surface area contributed by atoms with Crippen LogP contribution in [0.25, 0.3) is 0 Å². The number of aromatic carboxylic acids is 1. The van der Waals surface area contributed by atoms with E-state index in [1.807, 2.05) is 30.3 Å². The molecule has 1 N–H and O–H groups in total. The van der Waals surface area contributed by atoms with Gasteiger partial charge in [-0.2, -0.15) is 13.2 Å². The minimum Gasteiger partial charge on any atom is -0.493 e. The van der Waals surface area contributed by atoms with Crippen LogP contribution in [-0.2, 0) is 11.3 Å². The van der Waals surface area contributed by atoms with Crippen LogP contribution >= 0.6 is 0 Å². The Morgan fingerprint density at radius 3 is 2.61 bits per heavy atom. The van der Waals surface area contributed by atoms with Gasteiger partial charge in [-0.1, -0.05) is 42.8 Å². The molecule has 1 aromatic heterocycles. The summed E-state index contributed by atoms with van der Waals surface area (Å²) in [4.78, 5) is 15.9. The fourth-order valence-corrected chi connectivity index (χ4v) is 5.03. The lowest BCUT2D eigenvalue weighted by Crippen LogP contribution is -2.27. The molecule has 0 radical (unpaired) electrons. The fraction of sp³-hybridized carbons (Fsp3) is 0.385. The van der Waals surface area contributed by atoms with Crippen LogP contribution in [0.2, 0.25) is 0 Å². The predicted octanol–water partition coefficient (Wildman–Crippen LogP) is 6.58. The van der Waals surface area contributed by atoms with Crippen molar-refractivity contribution in [2.75, 3.05) is 0 Å². The zero-order valence-electron chi connectivity index (χ0n) is 18.3. The number of nitrogens with zero attached hydrogens (tertiary/aromatic N) is 1. The number of hydrogen-bond donors (Lipinski definition) is 1. The van der Waals surface area contributed by atoms with Gasteiger partial charge >= 0.3 is 12.1 Å². The summed E-state index contributed by atoms with van der Waals surface area (Å²) in [5.41, 5.74) is 1.71. The summed E-state index contributed by atoms with van der Waals surface area (Å²) in [6.07, 6.45) is 2.11. The van der Waals surface area contributed by atoms with Gasteiger partial charge in [0.2, 0.25) is 0 Å². The second kappa shape index (κ2) is 9.41. The Balaban J connectivity index is 1.63. The molecule has 4 rings (SSSR count). The number of carboxylic acids is 1. The minimum absolute atomic E-state index is 0.0718. The third-order valence-corrected chi connectivity index (χ3v) is 6.72. The number of aromatic nitrogens is 1. The van der Waals surface area contributed by atoms with Gasteiger partial charge in [0, 0.05) is 17.7 Å². The van der Waals surface area contributed by atoms with Gasteiger partial charge in [0.15, 0.2) is 0 Å². The summed E-state index contributed by atoms with van der Waals surface area (Å²) in [6.45, 7) is 1.92. The summed E-state index contributed by atoms with van der Waals surface area (Å²) >= 11 is 0. The molecule has 1 fully saturated rings. The van der Waals surface area contributed by atoms with Crippen molar-refractivity contribution in [3.05, 3.63) is 88.5 Å². The van der Waals surface area contributed by atoms with Crippen LogP contribution < -0.4 is 0 Å². The van der Waals surface area contributed by atoms with Crippen LogP contribution in [-0.4, -0.2) is 22.2 Å². The van der Waals surface area contributed by atoms with E-state index in [1.54, 1.807) is 19.2 Å². The SMILES string of the molecule is Cc1ncc(C2CCCC2C2CC(C(F)(F)F)=CC=C2OCc2ccccc2)cc1C(=O)O.